The number of hydrogen-bond acceptors (Lipinski definition) is 2. The van der Waals surface area contributed by atoms with Crippen LogP contribution in [0.3, 0.4) is 0 Å². The first-order valence-electron chi connectivity index (χ1n) is 12.7. The van der Waals surface area contributed by atoms with Gasteiger partial charge in [0.15, 0.2) is 0 Å². The van der Waals surface area contributed by atoms with Gasteiger partial charge in [-0.25, -0.2) is 0 Å². The van der Waals surface area contributed by atoms with Crippen LogP contribution in [0.5, 0.6) is 0 Å². The topological polar surface area (TPSA) is 40.3 Å². The highest BCUT2D eigenvalue weighted by atomic mass is 16.3. The third-order valence-corrected chi connectivity index (χ3v) is 7.79. The zero-order valence-corrected chi connectivity index (χ0v) is 20.2. The Kier molecular flexibility index (Phi) is 3.73. The maximum absolute atomic E-state index is 5.62. The first-order chi connectivity index (χ1) is 18.9. The molecular weight excluding hydrogens is 468 g/mol. The smallest absolute Gasteiger partial charge is 0.306 e. The lowest BCUT2D eigenvalue weighted by Gasteiger charge is -2.10. The number of fused-ring (bicyclic) bond motifs is 9. The number of aromatic nitrogens is 4. The molecule has 0 aliphatic carbocycles. The molecule has 0 N–H and O–H groups in total. The maximum atomic E-state index is 5.62. The molecule has 0 unspecified atom stereocenters. The first-order valence-corrected chi connectivity index (χ1v) is 12.7. The van der Waals surface area contributed by atoms with Crippen LogP contribution in [0.4, 0.5) is 0 Å². The molecule has 5 aromatic carbocycles. The van der Waals surface area contributed by atoms with E-state index in [2.05, 4.69) is 118 Å². The minimum Gasteiger partial charge on any atom is -0.432 e. The molecule has 38 heavy (non-hydrogen) atoms. The van der Waals surface area contributed by atoms with Gasteiger partial charge in [0.2, 0.25) is 0 Å². The summed E-state index contributed by atoms with van der Waals surface area (Å²) in [5.74, 6) is 0.599. The van der Waals surface area contributed by atoms with Gasteiger partial charge in [-0.05, 0) is 48.5 Å². The molecule has 4 aromatic heterocycles. The van der Waals surface area contributed by atoms with Crippen molar-refractivity contribution in [3.05, 3.63) is 122 Å². The Hall–Kier alpha value is -5.29. The number of imidazole rings is 1. The van der Waals surface area contributed by atoms with E-state index >= 15 is 0 Å². The maximum Gasteiger partial charge on any atom is 0.306 e. The van der Waals surface area contributed by atoms with E-state index in [1.807, 2.05) is 10.6 Å². The van der Waals surface area contributed by atoms with Crippen LogP contribution in [0, 0.1) is 0 Å². The van der Waals surface area contributed by atoms with Gasteiger partial charge in [0.05, 0.1) is 33.3 Å². The minimum absolute atomic E-state index is 0.599. The fourth-order valence-electron chi connectivity index (χ4n) is 6.20. The number of para-hydroxylation sites is 4. The molecular formula is C33H20N4O. The van der Waals surface area contributed by atoms with Crippen LogP contribution in [-0.2, 0) is 0 Å². The lowest BCUT2D eigenvalue weighted by Crippen LogP contribution is -1.96. The van der Waals surface area contributed by atoms with Gasteiger partial charge in [0, 0.05) is 33.4 Å². The van der Waals surface area contributed by atoms with Gasteiger partial charge in [0.25, 0.3) is 0 Å². The van der Waals surface area contributed by atoms with Crippen LogP contribution >= 0.6 is 0 Å². The molecule has 4 heterocycles. The van der Waals surface area contributed by atoms with Crippen molar-refractivity contribution in [3.8, 4) is 11.4 Å². The molecule has 0 atom stereocenters. The molecule has 0 aliphatic rings. The summed E-state index contributed by atoms with van der Waals surface area (Å²) in [7, 11) is 0. The fraction of sp³-hybridized carbons (Fsp3) is 0. The molecule has 0 saturated carbocycles. The van der Waals surface area contributed by atoms with E-state index in [4.69, 9.17) is 9.40 Å². The number of nitrogens with zero attached hydrogens (tertiary/aromatic N) is 4. The monoisotopic (exact) mass is 488 g/mol. The molecule has 5 nitrogen and oxygen atoms in total. The van der Waals surface area contributed by atoms with Crippen LogP contribution in [0.25, 0.3) is 71.9 Å². The Morgan fingerprint density at radius 2 is 1.13 bits per heavy atom. The van der Waals surface area contributed by atoms with Gasteiger partial charge in [-0.2, -0.15) is 4.98 Å². The Balaban J connectivity index is 1.38. The third-order valence-electron chi connectivity index (χ3n) is 7.79. The zero-order chi connectivity index (χ0) is 24.8. The number of benzene rings is 5. The van der Waals surface area contributed by atoms with Crippen LogP contribution in [0.2, 0.25) is 0 Å². The molecule has 9 aromatic rings. The molecule has 0 bridgehead atoms. The van der Waals surface area contributed by atoms with Gasteiger partial charge >= 0.3 is 5.84 Å². The van der Waals surface area contributed by atoms with Crippen molar-refractivity contribution in [2.45, 2.75) is 0 Å². The summed E-state index contributed by atoms with van der Waals surface area (Å²) in [6.07, 6.45) is 3.59. The van der Waals surface area contributed by atoms with E-state index in [0.29, 0.717) is 5.84 Å². The Morgan fingerprint density at radius 3 is 1.87 bits per heavy atom. The quantitative estimate of drug-likeness (QED) is 0.246. The van der Waals surface area contributed by atoms with E-state index in [1.54, 1.807) is 6.26 Å². The number of rotatable bonds is 2. The largest absolute Gasteiger partial charge is 0.432 e. The van der Waals surface area contributed by atoms with Crippen molar-refractivity contribution in [1.29, 1.82) is 0 Å². The van der Waals surface area contributed by atoms with Gasteiger partial charge in [-0.3, -0.25) is 4.40 Å². The molecule has 0 spiro atoms. The summed E-state index contributed by atoms with van der Waals surface area (Å²) >= 11 is 0. The van der Waals surface area contributed by atoms with Crippen LogP contribution in [0.1, 0.15) is 0 Å². The van der Waals surface area contributed by atoms with Gasteiger partial charge in [-0.1, -0.05) is 60.7 Å². The van der Waals surface area contributed by atoms with Gasteiger partial charge in [0.1, 0.15) is 11.8 Å². The van der Waals surface area contributed by atoms with Crippen molar-refractivity contribution in [2.75, 3.05) is 0 Å². The van der Waals surface area contributed by atoms with E-state index < -0.39 is 0 Å². The second kappa shape index (κ2) is 7.14. The predicted molar refractivity (Wildman–Crippen MR) is 154 cm³/mol. The van der Waals surface area contributed by atoms with E-state index in [9.17, 15) is 0 Å². The van der Waals surface area contributed by atoms with Crippen molar-refractivity contribution in [2.24, 2.45) is 0 Å². The lowest BCUT2D eigenvalue weighted by molar-refractivity contribution is 0.597. The van der Waals surface area contributed by atoms with Crippen molar-refractivity contribution in [3.63, 3.8) is 0 Å². The highest BCUT2D eigenvalue weighted by Gasteiger charge is 2.19. The molecule has 5 heteroatoms. The summed E-state index contributed by atoms with van der Waals surface area (Å²) in [6, 6.07) is 39.0. The Morgan fingerprint density at radius 1 is 0.526 bits per heavy atom. The molecule has 0 saturated heterocycles. The molecule has 0 radical (unpaired) electrons. The lowest BCUT2D eigenvalue weighted by atomic mass is 10.1. The predicted octanol–water partition coefficient (Wildman–Crippen LogP) is 8.27. The highest BCUT2D eigenvalue weighted by molar-refractivity contribution is 6.12. The first kappa shape index (κ1) is 19.8. The summed E-state index contributed by atoms with van der Waals surface area (Å²) in [5, 5.41) is 4.95. The van der Waals surface area contributed by atoms with E-state index in [0.717, 1.165) is 33.4 Å². The highest BCUT2D eigenvalue weighted by Crippen LogP contribution is 2.38. The fourth-order valence-corrected chi connectivity index (χ4v) is 6.20. The van der Waals surface area contributed by atoms with Crippen molar-refractivity contribution < 1.29 is 4.42 Å². The van der Waals surface area contributed by atoms with Crippen LogP contribution < -0.4 is 0 Å². The summed E-state index contributed by atoms with van der Waals surface area (Å²) in [5.41, 5.74) is 8.85. The zero-order valence-electron chi connectivity index (χ0n) is 20.2. The summed E-state index contributed by atoms with van der Waals surface area (Å²) in [4.78, 5) is 4.84. The van der Waals surface area contributed by atoms with Crippen molar-refractivity contribution >= 4 is 60.5 Å². The Labute approximate surface area is 216 Å². The third kappa shape index (κ3) is 2.47. The number of oxazole rings is 1. The molecule has 9 rings (SSSR count). The summed E-state index contributed by atoms with van der Waals surface area (Å²) < 4.78 is 12.3. The Bertz CT molecular complexity index is 2310. The average molecular weight is 489 g/mol. The van der Waals surface area contributed by atoms with E-state index in [-0.39, 0.29) is 0 Å². The standard InChI is InChI=1S/C33H20N4O/c1-4-11-26-22(8-1)23-9-2-5-12-27(23)36(26)21-16-17-29-25(20-21)24-10-3-6-13-28(24)37(29)31-15-7-14-30-32(31)34-33-35(30)18-19-38-33/h1-20H. The van der Waals surface area contributed by atoms with Gasteiger partial charge in [-0.15, -0.1) is 0 Å². The molecule has 0 amide bonds. The van der Waals surface area contributed by atoms with E-state index in [1.165, 1.54) is 32.6 Å². The van der Waals surface area contributed by atoms with Crippen molar-refractivity contribution in [1.82, 2.24) is 18.5 Å². The molecule has 178 valence electrons. The second-order valence-electron chi connectivity index (χ2n) is 9.74. The SMILES string of the molecule is c1ccc2c(c1)c1ccccc1n2-c1ccc2c(c1)c1ccccc1n2-c1cccc2c1nc1occn12. The number of hydrogen-bond donors (Lipinski definition) is 0. The minimum atomic E-state index is 0.599. The molecule has 0 aliphatic heterocycles. The van der Waals surface area contributed by atoms with Gasteiger partial charge < -0.3 is 13.6 Å². The summed E-state index contributed by atoms with van der Waals surface area (Å²) in [6.45, 7) is 0. The second-order valence-corrected chi connectivity index (χ2v) is 9.74. The average Bonchev–Trinajstić information content (AvgIpc) is 3.72. The van der Waals surface area contributed by atoms with Crippen LogP contribution in [0.15, 0.2) is 126 Å². The van der Waals surface area contributed by atoms with Crippen LogP contribution in [-0.4, -0.2) is 18.5 Å². The molecule has 0 fully saturated rings. The normalized spacial score (nSPS) is 12.2.